The number of nitrogens with one attached hydrogen (secondary N) is 1. The zero-order valence-electron chi connectivity index (χ0n) is 30.9. The van der Waals surface area contributed by atoms with Crippen molar-refractivity contribution in [2.45, 2.75) is 71.1 Å². The standard InChI is InChI=1S/C40H50ClFN4O7/c1-27-29(37(48)39(50-3)38(49-2)36(27)47)13-10-8-6-4-5-7-9-11-19-52-35-25-33-30(24-34(35)53-20-12-16-46-17-21-51-22-18-46)40(44-26-43-33)45-28-14-15-32(42)31(41)23-28/h14-15,23-26H,4-13,16-22H2,1-3H3,(H,43,44,45). The highest BCUT2D eigenvalue weighted by atomic mass is 35.5. The smallest absolute Gasteiger partial charge is 0.228 e. The van der Waals surface area contributed by atoms with Crippen molar-refractivity contribution in [3.63, 3.8) is 0 Å². The van der Waals surface area contributed by atoms with Gasteiger partial charge in [-0.15, -0.1) is 0 Å². The molecule has 0 unspecified atom stereocenters. The summed E-state index contributed by atoms with van der Waals surface area (Å²) in [5.74, 6) is 0.754. The van der Waals surface area contributed by atoms with Crippen LogP contribution in [0.25, 0.3) is 10.9 Å². The summed E-state index contributed by atoms with van der Waals surface area (Å²) in [6, 6.07) is 8.21. The third kappa shape index (κ3) is 10.9. The van der Waals surface area contributed by atoms with Crippen LogP contribution in [0.3, 0.4) is 0 Å². The molecule has 1 N–H and O–H groups in total. The summed E-state index contributed by atoms with van der Waals surface area (Å²) in [5, 5.41) is 3.99. The monoisotopic (exact) mass is 752 g/mol. The summed E-state index contributed by atoms with van der Waals surface area (Å²) in [6.07, 6.45) is 11.0. The Kier molecular flexibility index (Phi) is 15.3. The van der Waals surface area contributed by atoms with E-state index >= 15 is 0 Å². The number of benzene rings is 2. The average molecular weight is 753 g/mol. The summed E-state index contributed by atoms with van der Waals surface area (Å²) < 4.78 is 42.1. The van der Waals surface area contributed by atoms with E-state index in [0.717, 1.165) is 96.0 Å². The minimum absolute atomic E-state index is 0.00376. The van der Waals surface area contributed by atoms with Crippen molar-refractivity contribution in [2.75, 3.05) is 65.6 Å². The molecule has 2 aromatic carbocycles. The van der Waals surface area contributed by atoms with E-state index in [0.29, 0.717) is 59.3 Å². The Bertz CT molecular complexity index is 1790. The molecule has 0 saturated carbocycles. The SMILES string of the molecule is COC1=C(OC)C(=O)C(CCCCCCCCCCOc2cc3ncnc(Nc4ccc(F)c(Cl)c4)c3cc2OCCCN2CCOCC2)=C(C)C1=O. The molecule has 5 rings (SSSR count). The Balaban J connectivity index is 1.08. The second-order valence-electron chi connectivity index (χ2n) is 13.2. The number of hydrogen-bond acceptors (Lipinski definition) is 11. The lowest BCUT2D eigenvalue weighted by Crippen LogP contribution is -2.37. The van der Waals surface area contributed by atoms with Crippen LogP contribution in [0, 0.1) is 5.82 Å². The van der Waals surface area contributed by atoms with E-state index in [1.165, 1.54) is 32.7 Å². The molecule has 1 saturated heterocycles. The summed E-state index contributed by atoms with van der Waals surface area (Å²) in [6.45, 7) is 7.05. The van der Waals surface area contributed by atoms with Crippen LogP contribution in [0.1, 0.15) is 71.1 Å². The Morgan fingerprint density at radius 2 is 1.47 bits per heavy atom. The molecule has 2 aliphatic rings. The van der Waals surface area contributed by atoms with Crippen LogP contribution in [-0.4, -0.2) is 86.7 Å². The van der Waals surface area contributed by atoms with E-state index in [4.69, 9.17) is 35.3 Å². The summed E-state index contributed by atoms with van der Waals surface area (Å²) >= 11 is 6.01. The van der Waals surface area contributed by atoms with Gasteiger partial charge in [0, 0.05) is 47.9 Å². The molecule has 0 atom stereocenters. The zero-order chi connectivity index (χ0) is 37.6. The van der Waals surface area contributed by atoms with Gasteiger partial charge in [-0.05, 0) is 56.9 Å². The fraction of sp³-hybridized carbons (Fsp3) is 0.500. The predicted molar refractivity (Wildman–Crippen MR) is 202 cm³/mol. The lowest BCUT2D eigenvalue weighted by atomic mass is 9.89. The molecule has 13 heteroatoms. The number of anilines is 2. The van der Waals surface area contributed by atoms with E-state index < -0.39 is 5.82 Å². The Hall–Kier alpha value is -4.26. The van der Waals surface area contributed by atoms with Gasteiger partial charge in [-0.1, -0.05) is 50.1 Å². The first kappa shape index (κ1) is 39.9. The fourth-order valence-corrected chi connectivity index (χ4v) is 6.71. The highest BCUT2D eigenvalue weighted by Gasteiger charge is 2.34. The molecule has 0 spiro atoms. The molecule has 2 heterocycles. The number of ketones is 2. The molecule has 3 aromatic rings. The molecule has 0 radical (unpaired) electrons. The van der Waals surface area contributed by atoms with E-state index in [1.54, 1.807) is 13.0 Å². The molecule has 0 bridgehead atoms. The van der Waals surface area contributed by atoms with Crippen molar-refractivity contribution < 1.29 is 37.7 Å². The molecular weight excluding hydrogens is 703 g/mol. The maximum atomic E-state index is 13.8. The van der Waals surface area contributed by atoms with Gasteiger partial charge < -0.3 is 29.0 Å². The van der Waals surface area contributed by atoms with Gasteiger partial charge in [-0.25, -0.2) is 14.4 Å². The topological polar surface area (TPSA) is 121 Å². The van der Waals surface area contributed by atoms with Gasteiger partial charge in [-0.3, -0.25) is 14.5 Å². The second-order valence-corrected chi connectivity index (χ2v) is 13.6. The van der Waals surface area contributed by atoms with Crippen LogP contribution in [0.4, 0.5) is 15.9 Å². The number of morpholine rings is 1. The number of unbranched alkanes of at least 4 members (excludes halogenated alkanes) is 7. The van der Waals surface area contributed by atoms with Crippen LogP contribution < -0.4 is 14.8 Å². The summed E-state index contributed by atoms with van der Waals surface area (Å²) in [7, 11) is 2.76. The van der Waals surface area contributed by atoms with E-state index in [-0.39, 0.29) is 28.1 Å². The Labute approximate surface area is 315 Å². The number of rotatable bonds is 21. The first-order valence-corrected chi connectivity index (χ1v) is 18.9. The molecule has 53 heavy (non-hydrogen) atoms. The van der Waals surface area contributed by atoms with Gasteiger partial charge in [0.15, 0.2) is 11.5 Å². The van der Waals surface area contributed by atoms with Gasteiger partial charge >= 0.3 is 0 Å². The number of methoxy groups -OCH3 is 2. The minimum Gasteiger partial charge on any atom is -0.490 e. The minimum atomic E-state index is -0.491. The fourth-order valence-electron chi connectivity index (χ4n) is 6.53. The quantitative estimate of drug-likeness (QED) is 0.0839. The summed E-state index contributed by atoms with van der Waals surface area (Å²) in [5.41, 5.74) is 2.27. The van der Waals surface area contributed by atoms with Crippen LogP contribution in [-0.2, 0) is 23.8 Å². The summed E-state index contributed by atoms with van der Waals surface area (Å²) in [4.78, 5) is 36.7. The molecule has 1 aliphatic carbocycles. The molecule has 0 amide bonds. The highest BCUT2D eigenvalue weighted by Crippen LogP contribution is 2.36. The lowest BCUT2D eigenvalue weighted by Gasteiger charge is -2.26. The van der Waals surface area contributed by atoms with Crippen molar-refractivity contribution in [3.8, 4) is 11.5 Å². The van der Waals surface area contributed by atoms with Crippen LogP contribution >= 0.6 is 11.6 Å². The number of nitrogens with zero attached hydrogens (tertiary/aromatic N) is 3. The number of fused-ring (bicyclic) bond motifs is 1. The predicted octanol–water partition coefficient (Wildman–Crippen LogP) is 8.13. The second kappa shape index (κ2) is 20.3. The maximum absolute atomic E-state index is 13.8. The number of carbonyl (C=O) groups is 2. The average Bonchev–Trinajstić information content (AvgIpc) is 3.17. The van der Waals surface area contributed by atoms with Crippen molar-refractivity contribution in [3.05, 3.63) is 70.2 Å². The van der Waals surface area contributed by atoms with Crippen molar-refractivity contribution >= 4 is 45.6 Å². The Morgan fingerprint density at radius 1 is 0.830 bits per heavy atom. The van der Waals surface area contributed by atoms with Gasteiger partial charge in [0.2, 0.25) is 23.1 Å². The lowest BCUT2D eigenvalue weighted by molar-refractivity contribution is -0.121. The van der Waals surface area contributed by atoms with Crippen molar-refractivity contribution in [2.24, 2.45) is 0 Å². The number of carbonyl (C=O) groups excluding carboxylic acids is 2. The normalized spacial score (nSPS) is 15.3. The van der Waals surface area contributed by atoms with Crippen molar-refractivity contribution in [1.82, 2.24) is 14.9 Å². The van der Waals surface area contributed by atoms with Crippen LogP contribution in [0.2, 0.25) is 5.02 Å². The zero-order valence-corrected chi connectivity index (χ0v) is 31.7. The van der Waals surface area contributed by atoms with Gasteiger partial charge in [0.05, 0.1) is 51.2 Å². The number of allylic oxidation sites excluding steroid dienone is 2. The maximum Gasteiger partial charge on any atom is 0.228 e. The number of ether oxygens (including phenoxy) is 5. The molecule has 11 nitrogen and oxygen atoms in total. The highest BCUT2D eigenvalue weighted by molar-refractivity contribution is 6.31. The third-order valence-electron chi connectivity index (χ3n) is 9.54. The van der Waals surface area contributed by atoms with Crippen molar-refractivity contribution in [1.29, 1.82) is 0 Å². The molecule has 1 aromatic heterocycles. The molecular formula is C40H50ClFN4O7. The van der Waals surface area contributed by atoms with Gasteiger partial charge in [0.1, 0.15) is 18.0 Å². The van der Waals surface area contributed by atoms with E-state index in [2.05, 4.69) is 20.2 Å². The first-order chi connectivity index (χ1) is 25.8. The van der Waals surface area contributed by atoms with Gasteiger partial charge in [0.25, 0.3) is 0 Å². The number of hydrogen-bond donors (Lipinski definition) is 1. The first-order valence-electron chi connectivity index (χ1n) is 18.5. The molecule has 1 fully saturated rings. The number of Topliss-reactive ketones (excluding diaryl/α,β-unsaturated/α-hetero) is 2. The number of aromatic nitrogens is 2. The van der Waals surface area contributed by atoms with E-state index in [9.17, 15) is 14.0 Å². The largest absolute Gasteiger partial charge is 0.490 e. The third-order valence-corrected chi connectivity index (χ3v) is 9.83. The van der Waals surface area contributed by atoms with Crippen LogP contribution in [0.5, 0.6) is 11.5 Å². The molecule has 286 valence electrons. The van der Waals surface area contributed by atoms with Crippen LogP contribution in [0.15, 0.2) is 59.3 Å². The number of halogens is 2. The Morgan fingerprint density at radius 3 is 2.17 bits per heavy atom. The van der Waals surface area contributed by atoms with E-state index in [1.807, 2.05) is 12.1 Å². The molecule has 1 aliphatic heterocycles. The van der Waals surface area contributed by atoms with Gasteiger partial charge in [-0.2, -0.15) is 0 Å².